The zero-order chi connectivity index (χ0) is 77.2. The van der Waals surface area contributed by atoms with E-state index in [9.17, 15) is 63.3 Å². The Morgan fingerprint density at radius 1 is 0.528 bits per heavy atom. The van der Waals surface area contributed by atoms with Gasteiger partial charge in [0.25, 0.3) is 0 Å². The topological polar surface area (TPSA) is 319 Å². The van der Waals surface area contributed by atoms with Gasteiger partial charge in [-0.15, -0.1) is 23.5 Å². The Balaban J connectivity index is 0.000000249. The average molecular weight is 1540 g/mol. The number of unbranched alkanes of at least 4 members (excludes halogenated alkanes) is 10. The van der Waals surface area contributed by atoms with E-state index in [1.54, 1.807) is 37.6 Å². The summed E-state index contributed by atoms with van der Waals surface area (Å²) in [5.41, 5.74) is 4.40. The van der Waals surface area contributed by atoms with Crippen molar-refractivity contribution in [3.05, 3.63) is 58.7 Å². The van der Waals surface area contributed by atoms with Gasteiger partial charge in [-0.25, -0.2) is 9.59 Å². The zero-order valence-corrected chi connectivity index (χ0v) is 66.2. The summed E-state index contributed by atoms with van der Waals surface area (Å²) in [6, 6.07) is 11.7. The van der Waals surface area contributed by atoms with Gasteiger partial charge in [0.2, 0.25) is 35.4 Å². The van der Waals surface area contributed by atoms with Crippen molar-refractivity contribution in [3.63, 3.8) is 0 Å². The number of benzene rings is 2. The highest BCUT2D eigenvalue weighted by molar-refractivity contribution is 8.00. The minimum atomic E-state index is -1.02. The van der Waals surface area contributed by atoms with E-state index >= 15 is 0 Å². The molecule has 2 aromatic rings. The molecule has 2 heterocycles. The Bertz CT molecular complexity index is 3340. The van der Waals surface area contributed by atoms with E-state index in [-0.39, 0.29) is 125 Å². The van der Waals surface area contributed by atoms with Gasteiger partial charge in [-0.1, -0.05) is 122 Å². The lowest BCUT2D eigenvalue weighted by molar-refractivity contribution is -0.162. The van der Waals surface area contributed by atoms with Crippen LogP contribution >= 0.6 is 23.5 Å². The predicted molar refractivity (Wildman–Crippen MR) is 414 cm³/mol. The molecule has 6 N–H and O–H groups in total. The maximum absolute atomic E-state index is 14.0. The van der Waals surface area contributed by atoms with Crippen molar-refractivity contribution in [2.75, 3.05) is 51.9 Å². The number of likely N-dealkylation sites (tertiary alicyclic amines) is 2. The lowest BCUT2D eigenvalue weighted by Crippen LogP contribution is -2.42. The zero-order valence-electron chi connectivity index (χ0n) is 64.6. The van der Waals surface area contributed by atoms with E-state index in [0.29, 0.717) is 88.3 Å². The molecule has 0 bridgehead atoms. The smallest absolute Gasteiger partial charge is 0.341 e. The van der Waals surface area contributed by atoms with Crippen LogP contribution in [0.1, 0.15) is 242 Å². The molecule has 10 rings (SSSR count). The summed E-state index contributed by atoms with van der Waals surface area (Å²) in [5, 5.41) is 46.2. The second-order valence-electron chi connectivity index (χ2n) is 32.1. The fourth-order valence-corrected chi connectivity index (χ4v) is 21.1. The molecule has 2 aromatic carbocycles. The fourth-order valence-electron chi connectivity index (χ4n) is 18.6. The second kappa shape index (κ2) is 43.5. The van der Waals surface area contributed by atoms with Crippen LogP contribution in [0.4, 0.5) is 0 Å². The van der Waals surface area contributed by atoms with E-state index in [1.165, 1.54) is 9.80 Å². The Kier molecular flexibility index (Phi) is 34.6. The van der Waals surface area contributed by atoms with Gasteiger partial charge >= 0.3 is 23.9 Å². The summed E-state index contributed by atoms with van der Waals surface area (Å²) in [4.78, 5) is 127. The van der Waals surface area contributed by atoms with Gasteiger partial charge < -0.3 is 50.0 Å². The maximum atomic E-state index is 14.0. The van der Waals surface area contributed by atoms with Crippen LogP contribution in [0.25, 0.3) is 0 Å². The molecule has 6 amide bonds. The largest absolute Gasteiger partial charge is 0.482 e. The predicted octanol–water partition coefficient (Wildman–Crippen LogP) is 12.2. The standard InChI is InChI=1S/2C42H62N2O9S/c1-3-4-7-14-29(18-19-30-33-22-27-13-12-17-36(52-26-39(47)48)34(27)23-28(33)24-35(30)45)53-42(51)32-16-9-8-15-31(32)40(49)43-20-10-5-6-11-21-54-37-25-38(46)44(2)41(37)50;1-3-4-7-14-29(45)18-19-30-33-22-27-13-12-17-35(52-26-39(47)48)34(27)23-28(33)24-36(30)53-42(51)32-16-9-8-15-31(32)40(49)43-20-10-5-6-11-21-54-37-25-38(46)44(2)41(37)50/h12-13,17,28-33,35,37,45H,3-11,14-16,18-26H2,1-2H3,(H,43,49)(H,47,48);12-13,17,28-33,36-37,45H,3-11,14-16,18-26H2,1-2H3,(H,43,49)(H,47,48)/t28-,29-,30+,31?,32?,33-,35+,37?;28-,29-,30+,31?,32?,33-,36+,37?/m00/s1. The van der Waals surface area contributed by atoms with Gasteiger partial charge in [0, 0.05) is 40.0 Å². The molecule has 6 fully saturated rings. The summed E-state index contributed by atoms with van der Waals surface area (Å²) >= 11 is 3.11. The van der Waals surface area contributed by atoms with Crippen molar-refractivity contribution in [1.82, 2.24) is 20.4 Å². The number of imide groups is 2. The average Bonchev–Trinajstić information content (AvgIpc) is 1.60. The molecule has 8 aliphatic rings. The molecular formula is C84H124N4O18S2. The van der Waals surface area contributed by atoms with E-state index in [4.69, 9.17) is 24.1 Å². The van der Waals surface area contributed by atoms with Crippen molar-refractivity contribution in [2.45, 2.75) is 280 Å². The van der Waals surface area contributed by atoms with Crippen molar-refractivity contribution >= 4 is 82.8 Å². The first kappa shape index (κ1) is 85.8. The number of amides is 6. The van der Waals surface area contributed by atoms with Gasteiger partial charge in [0.1, 0.15) is 23.7 Å². The van der Waals surface area contributed by atoms with Crippen LogP contribution < -0.4 is 20.1 Å². The third-order valence-corrected chi connectivity index (χ3v) is 27.3. The Hall–Kier alpha value is -6.24. The number of thioether (sulfide) groups is 2. The number of aliphatic hydroxyl groups excluding tert-OH is 2. The SMILES string of the molecule is CCCCC[C@@H](CC[C@@H]1[C@H]2Cc3cccc(OCC(=O)O)c3C[C@H]2C[C@H]1O)OC(=O)C1CCCCC1C(=O)NCCCCCCSC1CC(=O)N(C)C1=O.CCCCC[C@H](O)CC[C@@H]1[C@H]2Cc3cccc(OCC(=O)O)c3C[C@H]2C[C@H]1OC(=O)C1CCCCC1C(=O)NCCCCCCSC1CC(=O)N(C)C1=O. The molecule has 22 nitrogen and oxygen atoms in total. The van der Waals surface area contributed by atoms with Crippen molar-refractivity contribution < 1.29 is 87.3 Å². The van der Waals surface area contributed by atoms with Gasteiger partial charge in [-0.05, 0) is 216 Å². The number of rotatable bonds is 42. The highest BCUT2D eigenvalue weighted by Gasteiger charge is 2.50. The number of nitrogens with one attached hydrogen (secondary N) is 2. The second-order valence-corrected chi connectivity index (χ2v) is 34.8. The Labute approximate surface area is 648 Å². The van der Waals surface area contributed by atoms with Crippen LogP contribution in [0, 0.1) is 59.2 Å². The van der Waals surface area contributed by atoms with Gasteiger partial charge in [0.05, 0.1) is 46.4 Å². The third-order valence-electron chi connectivity index (χ3n) is 24.7. The van der Waals surface area contributed by atoms with Crippen LogP contribution in [0.15, 0.2) is 36.4 Å². The summed E-state index contributed by atoms with van der Waals surface area (Å²) < 4.78 is 24.0. The fraction of sp³-hybridized carbons (Fsp3) is 0.738. The molecule has 6 unspecified atom stereocenters. The van der Waals surface area contributed by atoms with E-state index in [0.717, 1.165) is 201 Å². The highest BCUT2D eigenvalue weighted by Crippen LogP contribution is 2.52. The van der Waals surface area contributed by atoms with E-state index in [2.05, 4.69) is 36.6 Å². The molecule has 24 heteroatoms. The van der Waals surface area contributed by atoms with Crippen molar-refractivity contribution in [1.29, 1.82) is 0 Å². The molecule has 16 atom stereocenters. The van der Waals surface area contributed by atoms with Crippen molar-refractivity contribution in [3.8, 4) is 11.5 Å². The molecule has 600 valence electrons. The minimum absolute atomic E-state index is 0.0579. The first-order chi connectivity index (χ1) is 52.1. The maximum Gasteiger partial charge on any atom is 0.341 e. The molecule has 108 heavy (non-hydrogen) atoms. The van der Waals surface area contributed by atoms with E-state index in [1.807, 2.05) is 24.3 Å². The lowest BCUT2D eigenvalue weighted by Gasteiger charge is -2.33. The van der Waals surface area contributed by atoms with Gasteiger partial charge in [-0.2, -0.15) is 0 Å². The highest BCUT2D eigenvalue weighted by atomic mass is 32.2. The number of carbonyl (C=O) groups excluding carboxylic acids is 8. The van der Waals surface area contributed by atoms with Gasteiger partial charge in [0.15, 0.2) is 13.2 Å². The Morgan fingerprint density at radius 2 is 0.991 bits per heavy atom. The number of nitrogens with zero attached hydrogens (tertiary/aromatic N) is 2. The number of aliphatic hydroxyl groups is 2. The van der Waals surface area contributed by atoms with Crippen molar-refractivity contribution in [2.24, 2.45) is 59.2 Å². The number of ether oxygens (including phenoxy) is 4. The Morgan fingerprint density at radius 3 is 1.48 bits per heavy atom. The number of esters is 2. The van der Waals surface area contributed by atoms with Gasteiger partial charge in [-0.3, -0.25) is 48.2 Å². The number of carboxylic acids is 2. The van der Waals surface area contributed by atoms with Crippen LogP contribution in [0.3, 0.4) is 0 Å². The number of carboxylic acid groups (broad SMARTS) is 2. The molecule has 0 aromatic heterocycles. The van der Waals surface area contributed by atoms with Crippen LogP contribution in [-0.4, -0.2) is 176 Å². The van der Waals surface area contributed by atoms with Crippen LogP contribution in [-0.2, 0) is 83.1 Å². The summed E-state index contributed by atoms with van der Waals surface area (Å²) in [7, 11) is 3.08. The monoisotopic (exact) mass is 1540 g/mol. The third kappa shape index (κ3) is 24.4. The van der Waals surface area contributed by atoms with Crippen LogP contribution in [0.2, 0.25) is 0 Å². The summed E-state index contributed by atoms with van der Waals surface area (Å²) in [6.07, 6.45) is 28.1. The summed E-state index contributed by atoms with van der Waals surface area (Å²) in [6.45, 7) is 4.66. The van der Waals surface area contributed by atoms with E-state index < -0.39 is 42.4 Å². The summed E-state index contributed by atoms with van der Waals surface area (Å²) in [5.74, 6) is -0.629. The number of fused-ring (bicyclic) bond motifs is 4. The lowest BCUT2D eigenvalue weighted by atomic mass is 9.73. The molecule has 2 saturated heterocycles. The molecule has 6 aliphatic carbocycles. The first-order valence-electron chi connectivity index (χ1n) is 41.2. The molecule has 2 aliphatic heterocycles. The number of hydrogen-bond acceptors (Lipinski definition) is 18. The number of hydrogen-bond donors (Lipinski definition) is 6. The molecule has 0 spiro atoms. The first-order valence-corrected chi connectivity index (χ1v) is 43.3. The number of aliphatic carboxylic acids is 2. The normalized spacial score (nSPS) is 26.9. The quantitative estimate of drug-likeness (QED) is 0.0204. The molecular weight excluding hydrogens is 1420 g/mol. The number of carbonyl (C=O) groups is 10. The minimum Gasteiger partial charge on any atom is -0.482 e. The molecule has 4 saturated carbocycles. The van der Waals surface area contributed by atoms with Crippen LogP contribution in [0.5, 0.6) is 11.5 Å². The molecule has 0 radical (unpaired) electrons.